The molecule has 1 atom stereocenters. The summed E-state index contributed by atoms with van der Waals surface area (Å²) in [5.74, 6) is 0. The monoisotopic (exact) mass is 432 g/mol. The number of aliphatic hydroxyl groups excluding tert-OH is 1. The van der Waals surface area contributed by atoms with Gasteiger partial charge in [0.1, 0.15) is 0 Å². The molecule has 1 saturated carbocycles. The number of thiophene rings is 1. The first kappa shape index (κ1) is 15.7. The number of nitrogens with zero attached hydrogens (tertiary/aromatic N) is 2. The van der Waals surface area contributed by atoms with Gasteiger partial charge < -0.3 is 5.11 Å². The second kappa shape index (κ2) is 6.94. The van der Waals surface area contributed by atoms with Crippen LogP contribution in [0.15, 0.2) is 26.6 Å². The number of hydrogen-bond acceptors (Lipinski definition) is 3. The van der Waals surface area contributed by atoms with E-state index in [9.17, 15) is 5.11 Å². The van der Waals surface area contributed by atoms with Crippen LogP contribution in [0.25, 0.3) is 0 Å². The topological polar surface area (TPSA) is 38.0 Å². The minimum atomic E-state index is -0.493. The molecule has 114 valence electrons. The van der Waals surface area contributed by atoms with Gasteiger partial charge in [0.25, 0.3) is 0 Å². The maximum atomic E-state index is 10.4. The first-order valence-electron chi connectivity index (χ1n) is 7.30. The standard InChI is InChI=1S/C15H18Br2N2OS/c16-12-9-14(21-15(12)17)13(20)8-10-6-7-19(18-10)11-4-2-1-3-5-11/h6-7,9,11,13,20H,1-5,8H2. The summed E-state index contributed by atoms with van der Waals surface area (Å²) in [6.07, 6.45) is 8.57. The zero-order chi connectivity index (χ0) is 14.8. The van der Waals surface area contributed by atoms with Crippen molar-refractivity contribution in [3.05, 3.63) is 37.2 Å². The molecule has 0 amide bonds. The summed E-state index contributed by atoms with van der Waals surface area (Å²) >= 11 is 8.49. The molecule has 1 N–H and O–H groups in total. The van der Waals surface area contributed by atoms with Crippen LogP contribution in [0, 0.1) is 0 Å². The molecule has 6 heteroatoms. The van der Waals surface area contributed by atoms with E-state index in [2.05, 4.69) is 47.8 Å². The number of hydrogen-bond donors (Lipinski definition) is 1. The average molecular weight is 434 g/mol. The third-order valence-corrected chi connectivity index (χ3v) is 7.36. The maximum Gasteiger partial charge on any atom is 0.0938 e. The van der Waals surface area contributed by atoms with Gasteiger partial charge >= 0.3 is 0 Å². The van der Waals surface area contributed by atoms with Crippen LogP contribution in [0.3, 0.4) is 0 Å². The SMILES string of the molecule is OC(Cc1ccn(C2CCCCC2)n1)c1cc(Br)c(Br)s1. The first-order valence-corrected chi connectivity index (χ1v) is 9.70. The van der Waals surface area contributed by atoms with Crippen molar-refractivity contribution in [1.29, 1.82) is 0 Å². The lowest BCUT2D eigenvalue weighted by atomic mass is 9.96. The quantitative estimate of drug-likeness (QED) is 0.714. The molecule has 0 aliphatic heterocycles. The molecule has 2 aromatic heterocycles. The Kier molecular flexibility index (Phi) is 5.19. The molecule has 0 spiro atoms. The fraction of sp³-hybridized carbons (Fsp3) is 0.533. The predicted molar refractivity (Wildman–Crippen MR) is 92.7 cm³/mol. The average Bonchev–Trinajstić information content (AvgIpc) is 3.08. The molecule has 0 bridgehead atoms. The number of rotatable bonds is 4. The molecule has 2 heterocycles. The van der Waals surface area contributed by atoms with Gasteiger partial charge in [0, 0.05) is 22.0 Å². The van der Waals surface area contributed by atoms with E-state index in [0.29, 0.717) is 12.5 Å². The Bertz CT molecular complexity index is 585. The predicted octanol–water partition coefficient (Wildman–Crippen LogP) is 5.25. The molecule has 1 fully saturated rings. The largest absolute Gasteiger partial charge is 0.387 e. The van der Waals surface area contributed by atoms with Crippen molar-refractivity contribution in [2.24, 2.45) is 0 Å². The molecule has 1 unspecified atom stereocenters. The van der Waals surface area contributed by atoms with Crippen LogP contribution in [-0.2, 0) is 6.42 Å². The van der Waals surface area contributed by atoms with Crippen molar-refractivity contribution >= 4 is 43.2 Å². The van der Waals surface area contributed by atoms with Gasteiger partial charge in [0.15, 0.2) is 0 Å². The summed E-state index contributed by atoms with van der Waals surface area (Å²) < 4.78 is 4.11. The highest BCUT2D eigenvalue weighted by molar-refractivity contribution is 9.13. The third-order valence-electron chi connectivity index (χ3n) is 4.01. The normalized spacial score (nSPS) is 18.0. The van der Waals surface area contributed by atoms with Crippen molar-refractivity contribution in [2.75, 3.05) is 0 Å². The lowest BCUT2D eigenvalue weighted by molar-refractivity contribution is 0.180. The van der Waals surface area contributed by atoms with Crippen LogP contribution in [0.4, 0.5) is 0 Å². The lowest BCUT2D eigenvalue weighted by Crippen LogP contribution is -2.13. The molecular weight excluding hydrogens is 416 g/mol. The molecule has 1 aliphatic rings. The highest BCUT2D eigenvalue weighted by atomic mass is 79.9. The van der Waals surface area contributed by atoms with Gasteiger partial charge in [-0.05, 0) is 56.8 Å². The van der Waals surface area contributed by atoms with E-state index in [0.717, 1.165) is 18.8 Å². The van der Waals surface area contributed by atoms with E-state index in [-0.39, 0.29) is 0 Å². The van der Waals surface area contributed by atoms with Crippen LogP contribution < -0.4 is 0 Å². The van der Waals surface area contributed by atoms with Crippen LogP contribution in [0.5, 0.6) is 0 Å². The Morgan fingerprint density at radius 2 is 2.10 bits per heavy atom. The minimum Gasteiger partial charge on any atom is -0.387 e. The zero-order valence-electron chi connectivity index (χ0n) is 11.6. The van der Waals surface area contributed by atoms with Gasteiger partial charge in [0.2, 0.25) is 0 Å². The van der Waals surface area contributed by atoms with E-state index in [1.807, 2.05) is 12.1 Å². The molecule has 0 radical (unpaired) electrons. The van der Waals surface area contributed by atoms with Crippen molar-refractivity contribution in [1.82, 2.24) is 9.78 Å². The van der Waals surface area contributed by atoms with Gasteiger partial charge in [-0.2, -0.15) is 5.10 Å². The van der Waals surface area contributed by atoms with Crippen LogP contribution in [0.2, 0.25) is 0 Å². The van der Waals surface area contributed by atoms with E-state index >= 15 is 0 Å². The second-order valence-corrected chi connectivity index (χ2v) is 8.83. The summed E-state index contributed by atoms with van der Waals surface area (Å²) in [5, 5.41) is 15.0. The Labute approximate surface area is 145 Å². The Hall–Kier alpha value is -0.170. The highest BCUT2D eigenvalue weighted by Crippen LogP contribution is 2.36. The van der Waals surface area contributed by atoms with Gasteiger partial charge in [-0.25, -0.2) is 0 Å². The number of aromatic nitrogens is 2. The van der Waals surface area contributed by atoms with Crippen molar-refractivity contribution in [2.45, 2.75) is 50.7 Å². The van der Waals surface area contributed by atoms with Gasteiger partial charge in [-0.15, -0.1) is 11.3 Å². The summed E-state index contributed by atoms with van der Waals surface area (Å²) in [4.78, 5) is 0.959. The molecule has 1 aliphatic carbocycles. The van der Waals surface area contributed by atoms with Crippen LogP contribution in [-0.4, -0.2) is 14.9 Å². The molecule has 0 aromatic carbocycles. The Balaban J connectivity index is 1.66. The highest BCUT2D eigenvalue weighted by Gasteiger charge is 2.18. The third kappa shape index (κ3) is 3.78. The van der Waals surface area contributed by atoms with E-state index in [4.69, 9.17) is 0 Å². The zero-order valence-corrected chi connectivity index (χ0v) is 15.6. The number of aliphatic hydroxyl groups is 1. The smallest absolute Gasteiger partial charge is 0.0938 e. The fourth-order valence-electron chi connectivity index (χ4n) is 2.86. The van der Waals surface area contributed by atoms with Crippen LogP contribution in [0.1, 0.15) is 54.8 Å². The minimum absolute atomic E-state index is 0.493. The summed E-state index contributed by atoms with van der Waals surface area (Å²) in [5.41, 5.74) is 0.966. The van der Waals surface area contributed by atoms with E-state index < -0.39 is 6.10 Å². The molecule has 21 heavy (non-hydrogen) atoms. The van der Waals surface area contributed by atoms with Gasteiger partial charge in [0.05, 0.1) is 21.6 Å². The molecule has 2 aromatic rings. The second-order valence-electron chi connectivity index (χ2n) is 5.57. The summed E-state index contributed by atoms with van der Waals surface area (Å²) in [7, 11) is 0. The lowest BCUT2D eigenvalue weighted by Gasteiger charge is -2.21. The maximum absolute atomic E-state index is 10.4. The molecule has 3 rings (SSSR count). The molecular formula is C15H18Br2N2OS. The number of halogens is 2. The summed E-state index contributed by atoms with van der Waals surface area (Å²) in [6, 6.07) is 4.56. The Morgan fingerprint density at radius 1 is 1.33 bits per heavy atom. The summed E-state index contributed by atoms with van der Waals surface area (Å²) in [6.45, 7) is 0. The van der Waals surface area contributed by atoms with Gasteiger partial charge in [-0.1, -0.05) is 19.3 Å². The Morgan fingerprint density at radius 3 is 2.76 bits per heavy atom. The van der Waals surface area contributed by atoms with Crippen molar-refractivity contribution in [3.63, 3.8) is 0 Å². The van der Waals surface area contributed by atoms with Crippen molar-refractivity contribution < 1.29 is 5.11 Å². The fourth-order valence-corrected chi connectivity index (χ4v) is 4.94. The van der Waals surface area contributed by atoms with Crippen LogP contribution >= 0.6 is 43.2 Å². The van der Waals surface area contributed by atoms with Crippen molar-refractivity contribution in [3.8, 4) is 0 Å². The first-order chi connectivity index (χ1) is 10.1. The molecule has 3 nitrogen and oxygen atoms in total. The van der Waals surface area contributed by atoms with E-state index in [1.54, 1.807) is 11.3 Å². The van der Waals surface area contributed by atoms with Gasteiger partial charge in [-0.3, -0.25) is 4.68 Å². The van der Waals surface area contributed by atoms with E-state index in [1.165, 1.54) is 32.1 Å². The molecule has 0 saturated heterocycles.